The predicted octanol–water partition coefficient (Wildman–Crippen LogP) is 2.37. The Labute approximate surface area is 104 Å². The third kappa shape index (κ3) is 2.91. The van der Waals surface area contributed by atoms with Crippen LogP contribution in [0.3, 0.4) is 0 Å². The molecule has 3 heteroatoms. The lowest BCUT2D eigenvalue weighted by Crippen LogP contribution is -2.29. The molecule has 1 unspecified atom stereocenters. The van der Waals surface area contributed by atoms with Crippen molar-refractivity contribution >= 4 is 5.69 Å². The Balaban J connectivity index is 2.11. The van der Waals surface area contributed by atoms with E-state index in [1.54, 1.807) is 0 Å². The smallest absolute Gasteiger partial charge is 0.142 e. The Morgan fingerprint density at radius 2 is 2.24 bits per heavy atom. The number of ether oxygens (including phenoxy) is 1. The van der Waals surface area contributed by atoms with E-state index in [0.717, 1.165) is 31.0 Å². The van der Waals surface area contributed by atoms with E-state index in [9.17, 15) is 0 Å². The molecule has 17 heavy (non-hydrogen) atoms. The molecule has 2 rings (SSSR count). The van der Waals surface area contributed by atoms with Gasteiger partial charge in [-0.25, -0.2) is 0 Å². The van der Waals surface area contributed by atoms with Crippen LogP contribution >= 0.6 is 0 Å². The van der Waals surface area contributed by atoms with Crippen LogP contribution in [0, 0.1) is 0 Å². The Morgan fingerprint density at radius 1 is 1.41 bits per heavy atom. The molecule has 1 aromatic rings. The highest BCUT2D eigenvalue weighted by molar-refractivity contribution is 5.59. The molecule has 94 valence electrons. The van der Waals surface area contributed by atoms with Crippen molar-refractivity contribution in [3.8, 4) is 5.75 Å². The number of likely N-dealkylation sites (N-methyl/N-ethyl adjacent to an activating group) is 1. The van der Waals surface area contributed by atoms with E-state index < -0.39 is 0 Å². The van der Waals surface area contributed by atoms with Gasteiger partial charge in [0, 0.05) is 12.6 Å². The van der Waals surface area contributed by atoms with Crippen molar-refractivity contribution in [2.75, 3.05) is 32.6 Å². The number of nitrogens with one attached hydrogen (secondary N) is 1. The summed E-state index contributed by atoms with van der Waals surface area (Å²) in [5.74, 6) is 0.984. The molecule has 0 bridgehead atoms. The first-order chi connectivity index (χ1) is 8.20. The van der Waals surface area contributed by atoms with Crippen molar-refractivity contribution in [1.82, 2.24) is 4.90 Å². The second-order valence-electron chi connectivity index (χ2n) is 4.84. The maximum Gasteiger partial charge on any atom is 0.142 e. The molecular weight excluding hydrogens is 212 g/mol. The van der Waals surface area contributed by atoms with Gasteiger partial charge in [-0.3, -0.25) is 0 Å². The highest BCUT2D eigenvalue weighted by Crippen LogP contribution is 2.28. The lowest BCUT2D eigenvalue weighted by Gasteiger charge is -2.24. The molecule has 1 aliphatic heterocycles. The molecule has 1 aromatic carbocycles. The van der Waals surface area contributed by atoms with Gasteiger partial charge in [0.2, 0.25) is 0 Å². The first-order valence-corrected chi connectivity index (χ1v) is 6.36. The van der Waals surface area contributed by atoms with Crippen LogP contribution in [0.15, 0.2) is 18.2 Å². The van der Waals surface area contributed by atoms with Crippen molar-refractivity contribution in [2.45, 2.75) is 25.8 Å². The predicted molar refractivity (Wildman–Crippen MR) is 71.9 cm³/mol. The first kappa shape index (κ1) is 12.2. The SMILES string of the molecule is CCC(Cc1ccc2c(c1)NCCO2)N(C)C. The van der Waals surface area contributed by atoms with Crippen LogP contribution in [0.4, 0.5) is 5.69 Å². The Hall–Kier alpha value is -1.22. The molecule has 0 aromatic heterocycles. The summed E-state index contributed by atoms with van der Waals surface area (Å²) in [5, 5.41) is 3.38. The minimum Gasteiger partial charge on any atom is -0.490 e. The lowest BCUT2D eigenvalue weighted by atomic mass is 10.0. The normalized spacial score (nSPS) is 16.0. The van der Waals surface area contributed by atoms with Crippen molar-refractivity contribution in [2.24, 2.45) is 0 Å². The molecule has 0 saturated heterocycles. The van der Waals surface area contributed by atoms with E-state index in [1.807, 2.05) is 0 Å². The highest BCUT2D eigenvalue weighted by Gasteiger charge is 2.13. The van der Waals surface area contributed by atoms with E-state index in [2.05, 4.69) is 49.4 Å². The fourth-order valence-corrected chi connectivity index (χ4v) is 2.28. The van der Waals surface area contributed by atoms with E-state index in [-0.39, 0.29) is 0 Å². The fraction of sp³-hybridized carbons (Fsp3) is 0.571. The summed E-state index contributed by atoms with van der Waals surface area (Å²) >= 11 is 0. The molecule has 0 spiro atoms. The topological polar surface area (TPSA) is 24.5 Å². The summed E-state index contributed by atoms with van der Waals surface area (Å²) in [6.07, 6.45) is 2.27. The van der Waals surface area contributed by atoms with Crippen LogP contribution in [0.2, 0.25) is 0 Å². The maximum atomic E-state index is 5.58. The average Bonchev–Trinajstić information content (AvgIpc) is 2.35. The van der Waals surface area contributed by atoms with Crippen molar-refractivity contribution in [1.29, 1.82) is 0 Å². The van der Waals surface area contributed by atoms with Crippen molar-refractivity contribution in [3.05, 3.63) is 23.8 Å². The van der Waals surface area contributed by atoms with E-state index in [4.69, 9.17) is 4.74 Å². The maximum absolute atomic E-state index is 5.58. The van der Waals surface area contributed by atoms with Crippen LogP contribution in [0.1, 0.15) is 18.9 Å². The van der Waals surface area contributed by atoms with Crippen LogP contribution in [0.25, 0.3) is 0 Å². The zero-order chi connectivity index (χ0) is 12.3. The molecule has 0 saturated carbocycles. The minimum absolute atomic E-state index is 0.609. The van der Waals surface area contributed by atoms with Crippen LogP contribution in [0.5, 0.6) is 5.75 Å². The molecule has 1 heterocycles. The molecule has 0 aliphatic carbocycles. The van der Waals surface area contributed by atoms with Crippen LogP contribution < -0.4 is 10.1 Å². The van der Waals surface area contributed by atoms with Gasteiger partial charge in [-0.1, -0.05) is 13.0 Å². The Bertz CT molecular complexity index is 376. The zero-order valence-electron chi connectivity index (χ0n) is 11.0. The molecule has 0 amide bonds. The number of nitrogens with zero attached hydrogens (tertiary/aromatic N) is 1. The van der Waals surface area contributed by atoms with Gasteiger partial charge in [0.1, 0.15) is 12.4 Å². The molecule has 0 fully saturated rings. The van der Waals surface area contributed by atoms with Crippen molar-refractivity contribution < 1.29 is 4.74 Å². The summed E-state index contributed by atoms with van der Waals surface area (Å²) in [7, 11) is 4.29. The molecule has 3 nitrogen and oxygen atoms in total. The number of fused-ring (bicyclic) bond motifs is 1. The third-order valence-electron chi connectivity index (χ3n) is 3.39. The highest BCUT2D eigenvalue weighted by atomic mass is 16.5. The quantitative estimate of drug-likeness (QED) is 0.865. The van der Waals surface area contributed by atoms with Gasteiger partial charge in [-0.05, 0) is 44.6 Å². The summed E-state index contributed by atoms with van der Waals surface area (Å²) < 4.78 is 5.58. The van der Waals surface area contributed by atoms with Gasteiger partial charge < -0.3 is 15.0 Å². The number of hydrogen-bond acceptors (Lipinski definition) is 3. The molecule has 1 N–H and O–H groups in total. The van der Waals surface area contributed by atoms with E-state index in [1.165, 1.54) is 12.0 Å². The first-order valence-electron chi connectivity index (χ1n) is 6.36. The minimum atomic E-state index is 0.609. The lowest BCUT2D eigenvalue weighted by molar-refractivity contribution is 0.284. The number of hydrogen-bond donors (Lipinski definition) is 1. The van der Waals surface area contributed by atoms with E-state index in [0.29, 0.717) is 6.04 Å². The average molecular weight is 234 g/mol. The summed E-state index contributed by atoms with van der Waals surface area (Å²) in [4.78, 5) is 2.30. The summed E-state index contributed by atoms with van der Waals surface area (Å²) in [5.41, 5.74) is 2.52. The zero-order valence-corrected chi connectivity index (χ0v) is 11.0. The van der Waals surface area contributed by atoms with Gasteiger partial charge in [0.25, 0.3) is 0 Å². The molecular formula is C14H22N2O. The van der Waals surface area contributed by atoms with Crippen LogP contribution in [-0.2, 0) is 6.42 Å². The Kier molecular flexibility index (Phi) is 3.89. The van der Waals surface area contributed by atoms with Gasteiger partial charge in [0.05, 0.1) is 5.69 Å². The van der Waals surface area contributed by atoms with Crippen molar-refractivity contribution in [3.63, 3.8) is 0 Å². The number of rotatable bonds is 4. The number of benzene rings is 1. The monoisotopic (exact) mass is 234 g/mol. The van der Waals surface area contributed by atoms with E-state index >= 15 is 0 Å². The molecule has 1 aliphatic rings. The number of anilines is 1. The van der Waals surface area contributed by atoms with Crippen LogP contribution in [-0.4, -0.2) is 38.2 Å². The largest absolute Gasteiger partial charge is 0.490 e. The molecule has 1 atom stereocenters. The second kappa shape index (κ2) is 5.41. The fourth-order valence-electron chi connectivity index (χ4n) is 2.28. The Morgan fingerprint density at radius 3 is 2.94 bits per heavy atom. The third-order valence-corrected chi connectivity index (χ3v) is 3.39. The second-order valence-corrected chi connectivity index (χ2v) is 4.84. The standard InChI is InChI=1S/C14H22N2O/c1-4-12(16(2)3)9-11-5-6-14-13(10-11)15-7-8-17-14/h5-6,10,12,15H,4,7-9H2,1-3H3. The summed E-state index contributed by atoms with van der Waals surface area (Å²) in [6, 6.07) is 7.09. The van der Waals surface area contributed by atoms with Gasteiger partial charge >= 0.3 is 0 Å². The van der Waals surface area contributed by atoms with Gasteiger partial charge in [0.15, 0.2) is 0 Å². The molecule has 0 radical (unpaired) electrons. The van der Waals surface area contributed by atoms with Gasteiger partial charge in [-0.2, -0.15) is 0 Å². The summed E-state index contributed by atoms with van der Waals surface area (Å²) in [6.45, 7) is 3.91. The van der Waals surface area contributed by atoms with Gasteiger partial charge in [-0.15, -0.1) is 0 Å².